The zero-order chi connectivity index (χ0) is 18.1. The molecule has 4 rings (SSSR count). The van der Waals surface area contributed by atoms with E-state index in [4.69, 9.17) is 16.7 Å². The summed E-state index contributed by atoms with van der Waals surface area (Å²) in [7, 11) is 0. The van der Waals surface area contributed by atoms with Crippen LogP contribution < -0.4 is 0 Å². The molecule has 0 saturated heterocycles. The van der Waals surface area contributed by atoms with Crippen molar-refractivity contribution >= 4 is 17.5 Å². The largest absolute Gasteiger partial charge is 0.331 e. The molecule has 1 aromatic carbocycles. The van der Waals surface area contributed by atoms with Gasteiger partial charge in [-0.1, -0.05) is 36.4 Å². The SMILES string of the molecule is C=CC(=O)N1CCn2nc(-c3ccccc3Cl)c(-c3ccncc3)c2C1. The fraction of sp³-hybridized carbons (Fsp3) is 0.150. The van der Waals surface area contributed by atoms with Crippen molar-refractivity contribution in [2.75, 3.05) is 6.54 Å². The summed E-state index contributed by atoms with van der Waals surface area (Å²) < 4.78 is 1.97. The zero-order valence-electron chi connectivity index (χ0n) is 14.1. The molecule has 0 atom stereocenters. The lowest BCUT2D eigenvalue weighted by Crippen LogP contribution is -2.37. The number of benzene rings is 1. The van der Waals surface area contributed by atoms with E-state index in [-0.39, 0.29) is 5.91 Å². The van der Waals surface area contributed by atoms with Crippen molar-refractivity contribution in [3.05, 3.63) is 72.2 Å². The average molecular weight is 365 g/mol. The Balaban J connectivity index is 1.92. The van der Waals surface area contributed by atoms with E-state index in [0.717, 1.165) is 28.1 Å². The van der Waals surface area contributed by atoms with Gasteiger partial charge in [0.1, 0.15) is 5.69 Å². The maximum absolute atomic E-state index is 12.1. The van der Waals surface area contributed by atoms with Crippen molar-refractivity contribution < 1.29 is 4.79 Å². The van der Waals surface area contributed by atoms with E-state index in [1.807, 2.05) is 41.1 Å². The van der Waals surface area contributed by atoms with E-state index in [1.54, 1.807) is 17.3 Å². The summed E-state index contributed by atoms with van der Waals surface area (Å²) in [6.45, 7) is 5.33. The van der Waals surface area contributed by atoms with Crippen LogP contribution in [0.1, 0.15) is 5.69 Å². The number of nitrogens with zero attached hydrogens (tertiary/aromatic N) is 4. The third-order valence-corrected chi connectivity index (χ3v) is 4.89. The van der Waals surface area contributed by atoms with Gasteiger partial charge in [-0.3, -0.25) is 14.5 Å². The molecule has 0 N–H and O–H groups in total. The second kappa shape index (κ2) is 6.77. The number of amides is 1. The first-order valence-electron chi connectivity index (χ1n) is 8.35. The highest BCUT2D eigenvalue weighted by Crippen LogP contribution is 2.38. The molecule has 2 aromatic heterocycles. The Hall–Kier alpha value is -2.92. The van der Waals surface area contributed by atoms with E-state index in [1.165, 1.54) is 6.08 Å². The Labute approximate surface area is 156 Å². The van der Waals surface area contributed by atoms with Crippen LogP contribution in [0.15, 0.2) is 61.4 Å². The number of hydrogen-bond donors (Lipinski definition) is 0. The first-order chi connectivity index (χ1) is 12.7. The van der Waals surface area contributed by atoms with Gasteiger partial charge < -0.3 is 4.90 Å². The minimum absolute atomic E-state index is 0.0718. The van der Waals surface area contributed by atoms with Crippen molar-refractivity contribution in [1.82, 2.24) is 19.7 Å². The van der Waals surface area contributed by atoms with Gasteiger partial charge in [-0.05, 0) is 29.8 Å². The molecule has 0 bridgehead atoms. The van der Waals surface area contributed by atoms with E-state index in [2.05, 4.69) is 11.6 Å². The molecule has 0 unspecified atom stereocenters. The summed E-state index contributed by atoms with van der Waals surface area (Å²) >= 11 is 6.44. The van der Waals surface area contributed by atoms with Gasteiger partial charge in [-0.15, -0.1) is 0 Å². The highest BCUT2D eigenvalue weighted by atomic mass is 35.5. The van der Waals surface area contributed by atoms with Gasteiger partial charge in [0.2, 0.25) is 5.91 Å². The number of halogens is 1. The van der Waals surface area contributed by atoms with Crippen molar-refractivity contribution in [3.8, 4) is 22.4 Å². The topological polar surface area (TPSA) is 51.0 Å². The van der Waals surface area contributed by atoms with Crippen LogP contribution in [0.2, 0.25) is 5.02 Å². The van der Waals surface area contributed by atoms with Crippen LogP contribution in [0.3, 0.4) is 0 Å². The lowest BCUT2D eigenvalue weighted by molar-refractivity contribution is -0.127. The van der Waals surface area contributed by atoms with Gasteiger partial charge in [-0.2, -0.15) is 5.10 Å². The van der Waals surface area contributed by atoms with Crippen LogP contribution in [-0.4, -0.2) is 32.1 Å². The number of fused-ring (bicyclic) bond motifs is 1. The highest BCUT2D eigenvalue weighted by Gasteiger charge is 2.27. The molecule has 130 valence electrons. The van der Waals surface area contributed by atoms with Crippen LogP contribution in [0.5, 0.6) is 0 Å². The Kier molecular flexibility index (Phi) is 4.31. The predicted octanol–water partition coefficient (Wildman–Crippen LogP) is 3.79. The Morgan fingerprint density at radius 1 is 1.15 bits per heavy atom. The standard InChI is InChI=1S/C20H17ClN4O/c1-2-18(26)24-11-12-25-17(13-24)19(14-7-9-22-10-8-14)20(23-25)15-5-3-4-6-16(15)21/h2-10H,1,11-13H2. The molecule has 1 amide bonds. The molecule has 0 radical (unpaired) electrons. The molecule has 3 aromatic rings. The van der Waals surface area contributed by atoms with Crippen LogP contribution in [0, 0.1) is 0 Å². The monoisotopic (exact) mass is 364 g/mol. The molecule has 5 nitrogen and oxygen atoms in total. The van der Waals surface area contributed by atoms with Crippen molar-refractivity contribution in [2.24, 2.45) is 0 Å². The summed E-state index contributed by atoms with van der Waals surface area (Å²) in [5.74, 6) is -0.0718. The molecule has 0 aliphatic carbocycles. The third-order valence-electron chi connectivity index (χ3n) is 4.56. The highest BCUT2D eigenvalue weighted by molar-refractivity contribution is 6.33. The van der Waals surface area contributed by atoms with Gasteiger partial charge >= 0.3 is 0 Å². The Bertz CT molecular complexity index is 981. The predicted molar refractivity (Wildman–Crippen MR) is 102 cm³/mol. The number of hydrogen-bond acceptors (Lipinski definition) is 3. The summed E-state index contributed by atoms with van der Waals surface area (Å²) in [5.41, 5.74) is 4.69. The van der Waals surface area contributed by atoms with Crippen LogP contribution in [0.4, 0.5) is 0 Å². The second-order valence-corrected chi connectivity index (χ2v) is 6.48. The Morgan fingerprint density at radius 3 is 2.65 bits per heavy atom. The quantitative estimate of drug-likeness (QED) is 0.664. The fourth-order valence-electron chi connectivity index (χ4n) is 3.30. The smallest absolute Gasteiger partial charge is 0.246 e. The lowest BCUT2D eigenvalue weighted by atomic mass is 9.99. The summed E-state index contributed by atoms with van der Waals surface area (Å²) in [6, 6.07) is 11.6. The molecule has 6 heteroatoms. The number of carbonyl (C=O) groups is 1. The molecule has 26 heavy (non-hydrogen) atoms. The Morgan fingerprint density at radius 2 is 1.92 bits per heavy atom. The molecule has 1 aliphatic heterocycles. The van der Waals surface area contributed by atoms with Gasteiger partial charge in [0.05, 0.1) is 23.8 Å². The van der Waals surface area contributed by atoms with Gasteiger partial charge in [-0.25, -0.2) is 0 Å². The van der Waals surface area contributed by atoms with E-state index >= 15 is 0 Å². The minimum atomic E-state index is -0.0718. The normalized spacial score (nSPS) is 13.3. The molecule has 0 spiro atoms. The lowest BCUT2D eigenvalue weighted by Gasteiger charge is -2.27. The number of aromatic nitrogens is 3. The van der Waals surface area contributed by atoms with E-state index < -0.39 is 0 Å². The molecule has 1 aliphatic rings. The zero-order valence-corrected chi connectivity index (χ0v) is 14.9. The van der Waals surface area contributed by atoms with E-state index in [9.17, 15) is 4.79 Å². The molecular formula is C20H17ClN4O. The third kappa shape index (κ3) is 2.80. The van der Waals surface area contributed by atoms with Crippen LogP contribution in [0.25, 0.3) is 22.4 Å². The average Bonchev–Trinajstić information content (AvgIpc) is 3.06. The number of carbonyl (C=O) groups excluding carboxylic acids is 1. The maximum Gasteiger partial charge on any atom is 0.246 e. The molecule has 0 fully saturated rings. The van der Waals surface area contributed by atoms with Crippen LogP contribution in [-0.2, 0) is 17.9 Å². The maximum atomic E-state index is 12.1. The molecule has 3 heterocycles. The van der Waals surface area contributed by atoms with Gasteiger partial charge in [0, 0.05) is 30.1 Å². The van der Waals surface area contributed by atoms with Gasteiger partial charge in [0.25, 0.3) is 0 Å². The van der Waals surface area contributed by atoms with Crippen molar-refractivity contribution in [2.45, 2.75) is 13.1 Å². The van der Waals surface area contributed by atoms with E-state index in [0.29, 0.717) is 24.7 Å². The van der Waals surface area contributed by atoms with Crippen molar-refractivity contribution in [1.29, 1.82) is 0 Å². The molecule has 0 saturated carbocycles. The fourth-order valence-corrected chi connectivity index (χ4v) is 3.52. The summed E-state index contributed by atoms with van der Waals surface area (Å²) in [5, 5.41) is 5.48. The first-order valence-corrected chi connectivity index (χ1v) is 8.73. The minimum Gasteiger partial charge on any atom is -0.331 e. The second-order valence-electron chi connectivity index (χ2n) is 6.07. The molecular weight excluding hydrogens is 348 g/mol. The summed E-state index contributed by atoms with van der Waals surface area (Å²) in [6.07, 6.45) is 4.86. The first kappa shape index (κ1) is 16.5. The van der Waals surface area contributed by atoms with Crippen LogP contribution >= 0.6 is 11.6 Å². The van der Waals surface area contributed by atoms with Gasteiger partial charge in [0.15, 0.2) is 0 Å². The number of pyridine rings is 1. The van der Waals surface area contributed by atoms with Crippen molar-refractivity contribution in [3.63, 3.8) is 0 Å². The number of rotatable bonds is 3. The summed E-state index contributed by atoms with van der Waals surface area (Å²) in [4.78, 5) is 18.0.